The van der Waals surface area contributed by atoms with Gasteiger partial charge in [0.05, 0.1) is 24.7 Å². The van der Waals surface area contributed by atoms with Crippen LogP contribution < -0.4 is 4.90 Å². The number of nitrogens with one attached hydrogen (secondary N) is 1. The van der Waals surface area contributed by atoms with Crippen LogP contribution >= 0.6 is 11.8 Å². The highest BCUT2D eigenvalue weighted by atomic mass is 32.2. The number of Topliss-reactive ketones (excluding diaryl/α,β-unsaturated/α-hetero) is 1. The molecule has 1 aliphatic heterocycles. The Labute approximate surface area is 180 Å². The SMILES string of the molecule is CCc1cccc(-n2c(SCC(=O)c3cc(C)[nH]c3C)nnc2N2CCOCC2)c1. The number of morpholine rings is 1. The van der Waals surface area contributed by atoms with Gasteiger partial charge in [0.1, 0.15) is 0 Å². The molecular formula is C22H27N5O2S. The summed E-state index contributed by atoms with van der Waals surface area (Å²) >= 11 is 1.43. The zero-order valence-electron chi connectivity index (χ0n) is 17.6. The van der Waals surface area contributed by atoms with Crippen molar-refractivity contribution in [3.05, 3.63) is 52.8 Å². The molecule has 1 aromatic carbocycles. The number of nitrogens with zero attached hydrogens (tertiary/aromatic N) is 4. The molecule has 0 atom stereocenters. The highest BCUT2D eigenvalue weighted by molar-refractivity contribution is 7.99. The maximum atomic E-state index is 12.8. The van der Waals surface area contributed by atoms with Crippen molar-refractivity contribution in [2.75, 3.05) is 37.0 Å². The number of carbonyl (C=O) groups is 1. The molecule has 0 saturated carbocycles. The largest absolute Gasteiger partial charge is 0.378 e. The number of benzene rings is 1. The van der Waals surface area contributed by atoms with E-state index in [0.717, 1.165) is 53.3 Å². The molecule has 0 aliphatic carbocycles. The van der Waals surface area contributed by atoms with Gasteiger partial charge in [-0.1, -0.05) is 30.8 Å². The number of rotatable bonds is 7. The first kappa shape index (κ1) is 20.7. The normalized spacial score (nSPS) is 14.3. The van der Waals surface area contributed by atoms with E-state index in [1.807, 2.05) is 19.9 Å². The third-order valence-electron chi connectivity index (χ3n) is 5.27. The summed E-state index contributed by atoms with van der Waals surface area (Å²) in [5.74, 6) is 1.20. The molecule has 1 aliphatic rings. The van der Waals surface area contributed by atoms with Gasteiger partial charge in [-0.3, -0.25) is 9.36 Å². The van der Waals surface area contributed by atoms with E-state index in [2.05, 4.69) is 55.8 Å². The lowest BCUT2D eigenvalue weighted by Gasteiger charge is -2.28. The fourth-order valence-corrected chi connectivity index (χ4v) is 4.52. The summed E-state index contributed by atoms with van der Waals surface area (Å²) in [7, 11) is 0. The van der Waals surface area contributed by atoms with E-state index in [1.54, 1.807) is 0 Å². The van der Waals surface area contributed by atoms with Gasteiger partial charge in [0, 0.05) is 30.0 Å². The Morgan fingerprint density at radius 1 is 1.20 bits per heavy atom. The van der Waals surface area contributed by atoms with Crippen molar-refractivity contribution in [2.24, 2.45) is 0 Å². The van der Waals surface area contributed by atoms with E-state index < -0.39 is 0 Å². The number of hydrogen-bond donors (Lipinski definition) is 1. The number of anilines is 1. The number of aromatic nitrogens is 4. The Hall–Kier alpha value is -2.58. The van der Waals surface area contributed by atoms with Gasteiger partial charge in [0.15, 0.2) is 10.9 Å². The van der Waals surface area contributed by atoms with Gasteiger partial charge in [-0.05, 0) is 44.0 Å². The lowest BCUT2D eigenvalue weighted by molar-refractivity contribution is 0.102. The molecule has 0 bridgehead atoms. The second-order valence-electron chi connectivity index (χ2n) is 7.44. The Balaban J connectivity index is 1.64. The summed E-state index contributed by atoms with van der Waals surface area (Å²) in [6.07, 6.45) is 0.954. The summed E-state index contributed by atoms with van der Waals surface area (Å²) in [6, 6.07) is 10.3. The van der Waals surface area contributed by atoms with Crippen LogP contribution in [0.1, 0.15) is 34.2 Å². The molecule has 30 heavy (non-hydrogen) atoms. The summed E-state index contributed by atoms with van der Waals surface area (Å²) in [5.41, 5.74) is 4.91. The van der Waals surface area contributed by atoms with Crippen molar-refractivity contribution in [2.45, 2.75) is 32.3 Å². The zero-order valence-corrected chi connectivity index (χ0v) is 18.5. The predicted molar refractivity (Wildman–Crippen MR) is 119 cm³/mol. The van der Waals surface area contributed by atoms with Crippen LogP contribution in [-0.2, 0) is 11.2 Å². The third kappa shape index (κ3) is 4.29. The molecule has 0 spiro atoms. The first-order chi connectivity index (χ1) is 14.6. The molecule has 0 amide bonds. The van der Waals surface area contributed by atoms with Crippen molar-refractivity contribution in [3.8, 4) is 5.69 Å². The Morgan fingerprint density at radius 2 is 2.00 bits per heavy atom. The molecule has 7 nitrogen and oxygen atoms in total. The number of ether oxygens (including phenoxy) is 1. The summed E-state index contributed by atoms with van der Waals surface area (Å²) < 4.78 is 7.57. The average Bonchev–Trinajstić information content (AvgIpc) is 3.35. The Morgan fingerprint density at radius 3 is 2.70 bits per heavy atom. The highest BCUT2D eigenvalue weighted by Gasteiger charge is 2.23. The lowest BCUT2D eigenvalue weighted by Crippen LogP contribution is -2.37. The third-order valence-corrected chi connectivity index (χ3v) is 6.20. The van der Waals surface area contributed by atoms with Crippen LogP contribution in [0.2, 0.25) is 0 Å². The van der Waals surface area contributed by atoms with Gasteiger partial charge in [-0.2, -0.15) is 0 Å². The van der Waals surface area contributed by atoms with E-state index >= 15 is 0 Å². The molecule has 3 heterocycles. The smallest absolute Gasteiger partial charge is 0.232 e. The van der Waals surface area contributed by atoms with E-state index in [9.17, 15) is 4.79 Å². The van der Waals surface area contributed by atoms with E-state index in [4.69, 9.17) is 4.74 Å². The molecule has 3 aromatic rings. The van der Waals surface area contributed by atoms with Crippen molar-refractivity contribution < 1.29 is 9.53 Å². The number of ketones is 1. The fraction of sp³-hybridized carbons (Fsp3) is 0.409. The summed E-state index contributed by atoms with van der Waals surface area (Å²) in [4.78, 5) is 18.2. The summed E-state index contributed by atoms with van der Waals surface area (Å²) in [6.45, 7) is 8.94. The molecule has 1 saturated heterocycles. The number of aromatic amines is 1. The number of aryl methyl sites for hydroxylation is 3. The minimum Gasteiger partial charge on any atom is -0.378 e. The molecule has 4 rings (SSSR count). The molecular weight excluding hydrogens is 398 g/mol. The van der Waals surface area contributed by atoms with Gasteiger partial charge >= 0.3 is 0 Å². The van der Waals surface area contributed by atoms with Crippen LogP contribution in [0.5, 0.6) is 0 Å². The second-order valence-corrected chi connectivity index (χ2v) is 8.39. The number of carbonyl (C=O) groups excluding carboxylic acids is 1. The van der Waals surface area contributed by atoms with Crippen molar-refractivity contribution in [1.82, 2.24) is 19.7 Å². The minimum absolute atomic E-state index is 0.0895. The van der Waals surface area contributed by atoms with Gasteiger partial charge in [0.25, 0.3) is 0 Å². The van der Waals surface area contributed by atoms with E-state index in [-0.39, 0.29) is 5.78 Å². The number of hydrogen-bond acceptors (Lipinski definition) is 6. The zero-order chi connectivity index (χ0) is 21.1. The quantitative estimate of drug-likeness (QED) is 0.461. The van der Waals surface area contributed by atoms with Crippen molar-refractivity contribution in [3.63, 3.8) is 0 Å². The van der Waals surface area contributed by atoms with Crippen molar-refractivity contribution in [1.29, 1.82) is 0 Å². The van der Waals surface area contributed by atoms with Crippen LogP contribution in [0.3, 0.4) is 0 Å². The van der Waals surface area contributed by atoms with Gasteiger partial charge < -0.3 is 14.6 Å². The topological polar surface area (TPSA) is 76.0 Å². The first-order valence-corrected chi connectivity index (χ1v) is 11.2. The Bertz CT molecular complexity index is 1040. The van der Waals surface area contributed by atoms with Crippen molar-refractivity contribution >= 4 is 23.5 Å². The van der Waals surface area contributed by atoms with Crippen LogP contribution in [0.25, 0.3) is 5.69 Å². The van der Waals surface area contributed by atoms with E-state index in [0.29, 0.717) is 19.0 Å². The minimum atomic E-state index is 0.0895. The molecule has 8 heteroatoms. The molecule has 0 radical (unpaired) electrons. The molecule has 1 fully saturated rings. The lowest BCUT2D eigenvalue weighted by atomic mass is 10.1. The monoisotopic (exact) mass is 425 g/mol. The molecule has 2 aromatic heterocycles. The average molecular weight is 426 g/mol. The van der Waals surface area contributed by atoms with Crippen LogP contribution in [-0.4, -0.2) is 57.6 Å². The second kappa shape index (κ2) is 9.06. The number of H-pyrrole nitrogens is 1. The molecule has 158 valence electrons. The Kier molecular flexibility index (Phi) is 6.24. The van der Waals surface area contributed by atoms with Gasteiger partial charge in [-0.25, -0.2) is 0 Å². The molecule has 1 N–H and O–H groups in total. The van der Waals surface area contributed by atoms with Crippen LogP contribution in [0, 0.1) is 13.8 Å². The summed E-state index contributed by atoms with van der Waals surface area (Å²) in [5, 5.41) is 9.66. The highest BCUT2D eigenvalue weighted by Crippen LogP contribution is 2.28. The first-order valence-electron chi connectivity index (χ1n) is 10.3. The van der Waals surface area contributed by atoms with Crippen LogP contribution in [0.15, 0.2) is 35.5 Å². The fourth-order valence-electron chi connectivity index (χ4n) is 3.69. The number of thioether (sulfide) groups is 1. The standard InChI is InChI=1S/C22H27N5O2S/c1-4-17-6-5-7-18(13-17)27-21(26-8-10-29-11-9-26)24-25-22(27)30-14-20(28)19-12-15(2)23-16(19)3/h5-7,12-13,23H,4,8-11,14H2,1-3H3. The maximum absolute atomic E-state index is 12.8. The van der Waals surface area contributed by atoms with Gasteiger partial charge in [-0.15, -0.1) is 10.2 Å². The van der Waals surface area contributed by atoms with Gasteiger partial charge in [0.2, 0.25) is 5.95 Å². The predicted octanol–water partition coefficient (Wildman–Crippen LogP) is 3.59. The maximum Gasteiger partial charge on any atom is 0.232 e. The molecule has 0 unspecified atom stereocenters. The van der Waals surface area contributed by atoms with E-state index in [1.165, 1.54) is 17.3 Å². The van der Waals surface area contributed by atoms with Crippen LogP contribution in [0.4, 0.5) is 5.95 Å².